The molecule has 0 saturated carbocycles. The number of phenols is 1. The Morgan fingerprint density at radius 1 is 1.18 bits per heavy atom. The van der Waals surface area contributed by atoms with Gasteiger partial charge in [-0.1, -0.05) is 51.6 Å². The minimum Gasteiger partial charge on any atom is -0.508 e. The number of benzene rings is 1. The van der Waals surface area contributed by atoms with E-state index in [0.29, 0.717) is 12.4 Å². The second-order valence-corrected chi connectivity index (χ2v) is 5.98. The number of rotatable bonds is 9. The van der Waals surface area contributed by atoms with Crippen LogP contribution in [0.5, 0.6) is 11.5 Å². The highest BCUT2D eigenvalue weighted by atomic mass is 35.5. The minimum atomic E-state index is 0.00357. The summed E-state index contributed by atoms with van der Waals surface area (Å²) in [6, 6.07) is 2.77. The Morgan fingerprint density at radius 3 is 2.50 bits per heavy atom. The first-order valence-corrected chi connectivity index (χ1v) is 7.97. The first kappa shape index (κ1) is 19.2. The minimum absolute atomic E-state index is 0.00357. The van der Waals surface area contributed by atoms with Crippen molar-refractivity contribution in [3.05, 3.63) is 32.7 Å². The number of unbranched alkanes of at least 4 members (excludes halogenated alkanes) is 2. The van der Waals surface area contributed by atoms with E-state index in [1.807, 2.05) is 0 Å². The lowest BCUT2D eigenvalue weighted by Gasteiger charge is -2.09. The third-order valence-corrected chi connectivity index (χ3v) is 3.29. The van der Waals surface area contributed by atoms with Gasteiger partial charge in [-0.05, 0) is 25.3 Å². The zero-order valence-electron chi connectivity index (χ0n) is 11.6. The van der Waals surface area contributed by atoms with Crippen LogP contribution in [-0.4, -0.2) is 24.5 Å². The molecule has 0 fully saturated rings. The number of halogens is 4. The molecule has 0 saturated heterocycles. The highest BCUT2D eigenvalue weighted by Crippen LogP contribution is 2.36. The molecule has 0 aliphatic heterocycles. The molecule has 0 amide bonds. The predicted octanol–water partition coefficient (Wildman–Crippen LogP) is 5.57. The van der Waals surface area contributed by atoms with Gasteiger partial charge in [0.2, 0.25) is 0 Å². The SMILES string of the molecule is Oc1cc(Cl)c(OCCCCC=NOCC=C(Cl)Cl)c(Cl)c1. The Morgan fingerprint density at radius 2 is 1.86 bits per heavy atom. The number of hydrogen-bond acceptors (Lipinski definition) is 4. The third-order valence-electron chi connectivity index (χ3n) is 2.42. The molecule has 22 heavy (non-hydrogen) atoms. The molecule has 1 aromatic rings. The highest BCUT2D eigenvalue weighted by Gasteiger charge is 2.09. The van der Waals surface area contributed by atoms with E-state index < -0.39 is 0 Å². The molecule has 0 unspecified atom stereocenters. The van der Waals surface area contributed by atoms with E-state index in [2.05, 4.69) is 5.16 Å². The predicted molar refractivity (Wildman–Crippen MR) is 91.7 cm³/mol. The van der Waals surface area contributed by atoms with E-state index in [4.69, 9.17) is 56.0 Å². The fourth-order valence-electron chi connectivity index (χ4n) is 1.45. The van der Waals surface area contributed by atoms with Crippen LogP contribution in [0.3, 0.4) is 0 Å². The smallest absolute Gasteiger partial charge is 0.156 e. The van der Waals surface area contributed by atoms with Crippen molar-refractivity contribution >= 4 is 52.6 Å². The summed E-state index contributed by atoms with van der Waals surface area (Å²) in [6.07, 6.45) is 5.58. The van der Waals surface area contributed by atoms with Gasteiger partial charge in [0, 0.05) is 18.3 Å². The molecule has 0 aromatic heterocycles. The van der Waals surface area contributed by atoms with Crippen molar-refractivity contribution in [2.75, 3.05) is 13.2 Å². The van der Waals surface area contributed by atoms with Crippen molar-refractivity contribution in [1.82, 2.24) is 0 Å². The molecule has 0 aliphatic carbocycles. The van der Waals surface area contributed by atoms with Gasteiger partial charge in [-0.15, -0.1) is 0 Å². The normalized spacial score (nSPS) is 10.7. The van der Waals surface area contributed by atoms with E-state index in [0.717, 1.165) is 19.3 Å². The first-order valence-electron chi connectivity index (χ1n) is 6.46. The average Bonchev–Trinajstić information content (AvgIpc) is 2.42. The molecule has 0 atom stereocenters. The van der Waals surface area contributed by atoms with Gasteiger partial charge in [-0.3, -0.25) is 0 Å². The molecule has 0 heterocycles. The number of oxime groups is 1. The largest absolute Gasteiger partial charge is 0.508 e. The lowest BCUT2D eigenvalue weighted by molar-refractivity contribution is 0.175. The number of phenolic OH excluding ortho intramolecular Hbond substituents is 1. The molecule has 0 spiro atoms. The number of hydrogen-bond donors (Lipinski definition) is 1. The molecule has 8 heteroatoms. The van der Waals surface area contributed by atoms with Crippen molar-refractivity contribution < 1.29 is 14.7 Å². The summed E-state index contributed by atoms with van der Waals surface area (Å²) < 4.78 is 5.66. The van der Waals surface area contributed by atoms with Crippen LogP contribution in [0, 0.1) is 0 Å². The second kappa shape index (κ2) is 10.8. The van der Waals surface area contributed by atoms with Crippen molar-refractivity contribution in [3.8, 4) is 11.5 Å². The number of ether oxygens (including phenoxy) is 1. The van der Waals surface area contributed by atoms with E-state index in [-0.39, 0.29) is 26.9 Å². The second-order valence-electron chi connectivity index (χ2n) is 4.16. The fourth-order valence-corrected chi connectivity index (χ4v) is 2.16. The van der Waals surface area contributed by atoms with Crippen LogP contribution >= 0.6 is 46.4 Å². The molecular weight excluding hydrogens is 372 g/mol. The summed E-state index contributed by atoms with van der Waals surface area (Å²) in [5.74, 6) is 0.381. The van der Waals surface area contributed by atoms with E-state index >= 15 is 0 Å². The Labute approximate surface area is 149 Å². The Kier molecular flexibility index (Phi) is 9.48. The van der Waals surface area contributed by atoms with Crippen LogP contribution in [0.4, 0.5) is 0 Å². The van der Waals surface area contributed by atoms with Gasteiger partial charge in [0.1, 0.15) is 16.8 Å². The molecule has 0 radical (unpaired) electrons. The van der Waals surface area contributed by atoms with Crippen LogP contribution in [0.2, 0.25) is 10.0 Å². The van der Waals surface area contributed by atoms with Gasteiger partial charge >= 0.3 is 0 Å². The maximum absolute atomic E-state index is 9.31. The van der Waals surface area contributed by atoms with Gasteiger partial charge in [0.15, 0.2) is 5.75 Å². The molecular formula is C14H15Cl4NO3. The summed E-state index contributed by atoms with van der Waals surface area (Å²) in [6.45, 7) is 0.698. The van der Waals surface area contributed by atoms with E-state index in [9.17, 15) is 5.11 Å². The molecule has 0 aliphatic rings. The molecule has 0 bridgehead atoms. The van der Waals surface area contributed by atoms with Gasteiger partial charge in [-0.25, -0.2) is 0 Å². The topological polar surface area (TPSA) is 51.0 Å². The Balaban J connectivity index is 2.16. The van der Waals surface area contributed by atoms with Crippen molar-refractivity contribution in [2.45, 2.75) is 19.3 Å². The highest BCUT2D eigenvalue weighted by molar-refractivity contribution is 6.55. The summed E-state index contributed by atoms with van der Waals surface area (Å²) in [5, 5.41) is 13.6. The van der Waals surface area contributed by atoms with Crippen molar-refractivity contribution in [3.63, 3.8) is 0 Å². The lowest BCUT2D eigenvalue weighted by atomic mass is 10.2. The summed E-state index contributed by atoms with van der Waals surface area (Å²) in [5.41, 5.74) is 0. The van der Waals surface area contributed by atoms with Crippen LogP contribution in [-0.2, 0) is 4.84 Å². The molecule has 1 N–H and O–H groups in total. The monoisotopic (exact) mass is 385 g/mol. The standard InChI is InChI=1S/C14H15Cl4NO3/c15-11-8-10(20)9-12(16)14(11)21-6-3-1-2-5-19-22-7-4-13(17)18/h4-5,8-9,20H,1-3,6-7H2. The van der Waals surface area contributed by atoms with Gasteiger partial charge in [0.25, 0.3) is 0 Å². The molecule has 122 valence electrons. The Hall–Kier alpha value is -0.810. The number of aromatic hydroxyl groups is 1. The summed E-state index contributed by atoms with van der Waals surface area (Å²) in [4.78, 5) is 4.90. The van der Waals surface area contributed by atoms with Crippen LogP contribution in [0.1, 0.15) is 19.3 Å². The van der Waals surface area contributed by atoms with E-state index in [1.54, 1.807) is 6.21 Å². The molecule has 4 nitrogen and oxygen atoms in total. The molecule has 1 rings (SSSR count). The fraction of sp³-hybridized carbons (Fsp3) is 0.357. The maximum atomic E-state index is 9.31. The van der Waals surface area contributed by atoms with Crippen LogP contribution in [0.25, 0.3) is 0 Å². The zero-order valence-corrected chi connectivity index (χ0v) is 14.6. The third kappa shape index (κ3) is 7.99. The van der Waals surface area contributed by atoms with Crippen molar-refractivity contribution in [1.29, 1.82) is 0 Å². The Bertz CT molecular complexity index is 508. The van der Waals surface area contributed by atoms with Crippen molar-refractivity contribution in [2.24, 2.45) is 5.16 Å². The quantitative estimate of drug-likeness (QED) is 0.343. The van der Waals surface area contributed by atoms with Gasteiger partial charge in [0.05, 0.1) is 16.7 Å². The van der Waals surface area contributed by atoms with Crippen LogP contribution < -0.4 is 4.74 Å². The lowest BCUT2D eigenvalue weighted by Crippen LogP contribution is -1.98. The maximum Gasteiger partial charge on any atom is 0.156 e. The zero-order chi connectivity index (χ0) is 16.4. The van der Waals surface area contributed by atoms with Gasteiger partial charge in [-0.2, -0.15) is 0 Å². The summed E-state index contributed by atoms with van der Waals surface area (Å²) >= 11 is 22.7. The van der Waals surface area contributed by atoms with Gasteiger partial charge < -0.3 is 14.7 Å². The van der Waals surface area contributed by atoms with E-state index in [1.165, 1.54) is 18.2 Å². The first-order chi connectivity index (χ1) is 10.5. The average molecular weight is 387 g/mol. The number of nitrogens with zero attached hydrogens (tertiary/aromatic N) is 1. The van der Waals surface area contributed by atoms with Crippen LogP contribution in [0.15, 0.2) is 27.9 Å². The summed E-state index contributed by atoms with van der Waals surface area (Å²) in [7, 11) is 0. The molecule has 1 aromatic carbocycles.